The van der Waals surface area contributed by atoms with Gasteiger partial charge in [-0.25, -0.2) is 0 Å². The summed E-state index contributed by atoms with van der Waals surface area (Å²) in [4.78, 5) is 27.6. The Hall–Kier alpha value is -2.04. The predicted octanol–water partition coefficient (Wildman–Crippen LogP) is 3.70. The fourth-order valence-electron chi connectivity index (χ4n) is 4.13. The normalized spacial score (nSPS) is 20.8. The van der Waals surface area contributed by atoms with E-state index in [-0.39, 0.29) is 17.7 Å². The number of carbonyl (C=O) groups is 2. The molecule has 2 aliphatic carbocycles. The van der Waals surface area contributed by atoms with Gasteiger partial charge in [0.2, 0.25) is 5.91 Å². The van der Waals surface area contributed by atoms with E-state index in [1.165, 1.54) is 19.3 Å². The molecule has 1 aromatic carbocycles. The molecule has 0 bridgehead atoms. The average Bonchev–Trinajstić information content (AvgIpc) is 3.30. The van der Waals surface area contributed by atoms with Gasteiger partial charge < -0.3 is 15.5 Å². The Morgan fingerprint density at radius 1 is 0.923 bits per heavy atom. The van der Waals surface area contributed by atoms with Gasteiger partial charge in [0, 0.05) is 36.4 Å². The van der Waals surface area contributed by atoms with Gasteiger partial charge >= 0.3 is 0 Å². The van der Waals surface area contributed by atoms with Crippen molar-refractivity contribution in [2.24, 2.45) is 5.92 Å². The molecule has 5 nitrogen and oxygen atoms in total. The second-order valence-electron chi connectivity index (χ2n) is 8.00. The summed E-state index contributed by atoms with van der Waals surface area (Å²) in [6.07, 6.45) is 9.98. The third kappa shape index (κ3) is 4.02. The molecule has 1 heterocycles. The van der Waals surface area contributed by atoms with Crippen LogP contribution in [0.1, 0.15) is 68.1 Å². The van der Waals surface area contributed by atoms with Crippen LogP contribution in [-0.4, -0.2) is 30.9 Å². The van der Waals surface area contributed by atoms with Gasteiger partial charge in [-0.05, 0) is 63.1 Å². The van der Waals surface area contributed by atoms with Gasteiger partial charge in [0.25, 0.3) is 5.91 Å². The minimum Gasteiger partial charge on any atom is -0.371 e. The summed E-state index contributed by atoms with van der Waals surface area (Å²) in [5, 5.41) is 6.15. The molecular weight excluding hydrogens is 326 g/mol. The highest BCUT2D eigenvalue weighted by Crippen LogP contribution is 2.30. The number of carbonyl (C=O) groups excluding carboxylic acids is 2. The molecule has 0 aromatic heterocycles. The summed E-state index contributed by atoms with van der Waals surface area (Å²) in [5.41, 5.74) is 2.44. The number of benzene rings is 1. The first-order valence-electron chi connectivity index (χ1n) is 10.2. The van der Waals surface area contributed by atoms with Crippen molar-refractivity contribution >= 4 is 23.2 Å². The van der Waals surface area contributed by atoms with E-state index in [1.54, 1.807) is 0 Å². The van der Waals surface area contributed by atoms with Gasteiger partial charge in [-0.15, -0.1) is 0 Å². The number of rotatable bonds is 5. The molecule has 26 heavy (non-hydrogen) atoms. The highest BCUT2D eigenvalue weighted by molar-refractivity contribution is 6.02. The number of nitrogens with one attached hydrogen (secondary N) is 2. The fraction of sp³-hybridized carbons (Fsp3) is 0.619. The lowest BCUT2D eigenvalue weighted by molar-refractivity contribution is -0.119. The van der Waals surface area contributed by atoms with E-state index in [2.05, 4.69) is 15.5 Å². The van der Waals surface area contributed by atoms with E-state index < -0.39 is 0 Å². The third-order valence-corrected chi connectivity index (χ3v) is 5.84. The topological polar surface area (TPSA) is 61.4 Å². The molecule has 0 radical (unpaired) electrons. The van der Waals surface area contributed by atoms with Crippen LogP contribution in [-0.2, 0) is 4.79 Å². The highest BCUT2D eigenvalue weighted by atomic mass is 16.2. The molecule has 1 aromatic rings. The van der Waals surface area contributed by atoms with Crippen LogP contribution in [0.15, 0.2) is 18.2 Å². The van der Waals surface area contributed by atoms with Crippen LogP contribution in [0.25, 0.3) is 0 Å². The quantitative estimate of drug-likeness (QED) is 0.847. The number of amides is 2. The van der Waals surface area contributed by atoms with E-state index in [1.807, 2.05) is 18.2 Å². The van der Waals surface area contributed by atoms with Crippen LogP contribution in [0, 0.1) is 5.92 Å². The summed E-state index contributed by atoms with van der Waals surface area (Å²) in [7, 11) is 0. The zero-order valence-electron chi connectivity index (χ0n) is 15.4. The fourth-order valence-corrected chi connectivity index (χ4v) is 4.13. The zero-order chi connectivity index (χ0) is 17.9. The maximum absolute atomic E-state index is 12.8. The minimum atomic E-state index is -0.00922. The number of hydrogen-bond donors (Lipinski definition) is 2. The molecule has 2 saturated carbocycles. The molecular formula is C21H29N3O2. The van der Waals surface area contributed by atoms with Gasteiger partial charge in [0.15, 0.2) is 0 Å². The maximum Gasteiger partial charge on any atom is 0.253 e. The van der Waals surface area contributed by atoms with E-state index in [9.17, 15) is 9.59 Å². The van der Waals surface area contributed by atoms with Crippen molar-refractivity contribution in [1.29, 1.82) is 0 Å². The largest absolute Gasteiger partial charge is 0.371 e. The molecule has 2 amide bonds. The van der Waals surface area contributed by atoms with E-state index in [4.69, 9.17) is 0 Å². The van der Waals surface area contributed by atoms with Gasteiger partial charge in [0.1, 0.15) is 0 Å². The van der Waals surface area contributed by atoms with E-state index in [0.717, 1.165) is 63.0 Å². The number of nitrogens with zero attached hydrogens (tertiary/aromatic N) is 1. The lowest BCUT2D eigenvalue weighted by Gasteiger charge is -2.30. The second-order valence-corrected chi connectivity index (χ2v) is 8.00. The van der Waals surface area contributed by atoms with Crippen molar-refractivity contribution < 1.29 is 9.59 Å². The molecule has 0 unspecified atom stereocenters. The molecule has 0 atom stereocenters. The summed E-state index contributed by atoms with van der Waals surface area (Å²) in [6, 6.07) is 6.16. The van der Waals surface area contributed by atoms with Crippen molar-refractivity contribution in [3.63, 3.8) is 0 Å². The monoisotopic (exact) mass is 355 g/mol. The summed E-state index contributed by atoms with van der Waals surface area (Å²) >= 11 is 0. The molecule has 4 rings (SSSR count). The molecule has 0 spiro atoms. The Labute approximate surface area is 155 Å². The molecule has 5 heteroatoms. The zero-order valence-corrected chi connectivity index (χ0v) is 15.4. The first-order chi connectivity index (χ1) is 12.7. The Morgan fingerprint density at radius 2 is 1.65 bits per heavy atom. The predicted molar refractivity (Wildman–Crippen MR) is 104 cm³/mol. The van der Waals surface area contributed by atoms with Crippen molar-refractivity contribution in [1.82, 2.24) is 5.32 Å². The lowest BCUT2D eigenvalue weighted by atomic mass is 10.0. The lowest BCUT2D eigenvalue weighted by Crippen LogP contribution is -2.33. The van der Waals surface area contributed by atoms with E-state index >= 15 is 0 Å². The van der Waals surface area contributed by atoms with Crippen molar-refractivity contribution in [2.75, 3.05) is 23.3 Å². The first-order valence-corrected chi connectivity index (χ1v) is 10.2. The number of anilines is 2. The van der Waals surface area contributed by atoms with Gasteiger partial charge in [0.05, 0.1) is 5.56 Å². The van der Waals surface area contributed by atoms with Crippen LogP contribution in [0.5, 0.6) is 0 Å². The molecule has 1 saturated heterocycles. The highest BCUT2D eigenvalue weighted by Gasteiger charge is 2.27. The third-order valence-electron chi connectivity index (χ3n) is 5.84. The SMILES string of the molecule is O=C(NC1CC1)c1cc(NC(=O)C2CCCC2)ccc1N1CCCCC1. The smallest absolute Gasteiger partial charge is 0.253 e. The molecule has 3 aliphatic rings. The Balaban J connectivity index is 1.55. The van der Waals surface area contributed by atoms with Crippen molar-refractivity contribution in [3.8, 4) is 0 Å². The van der Waals surface area contributed by atoms with Crippen molar-refractivity contribution in [2.45, 2.75) is 63.8 Å². The standard InChI is InChI=1S/C21H29N3O2/c25-20(15-6-2-3-7-15)23-17-10-11-19(24-12-4-1-5-13-24)18(14-17)21(26)22-16-8-9-16/h10-11,14-16H,1-9,12-13H2,(H,22,26)(H,23,25). The van der Waals surface area contributed by atoms with Gasteiger partial charge in [-0.1, -0.05) is 12.8 Å². The maximum atomic E-state index is 12.8. The Morgan fingerprint density at radius 3 is 2.35 bits per heavy atom. The molecule has 3 fully saturated rings. The number of piperidine rings is 1. The first kappa shape index (κ1) is 17.4. The molecule has 2 N–H and O–H groups in total. The van der Waals surface area contributed by atoms with Crippen LogP contribution < -0.4 is 15.5 Å². The summed E-state index contributed by atoms with van der Waals surface area (Å²) < 4.78 is 0. The Bertz CT molecular complexity index is 672. The average molecular weight is 355 g/mol. The van der Waals surface area contributed by atoms with Crippen LogP contribution >= 0.6 is 0 Å². The Kier molecular flexibility index (Phi) is 5.14. The van der Waals surface area contributed by atoms with Gasteiger partial charge in [-0.2, -0.15) is 0 Å². The second kappa shape index (κ2) is 7.68. The van der Waals surface area contributed by atoms with Crippen molar-refractivity contribution in [3.05, 3.63) is 23.8 Å². The number of hydrogen-bond acceptors (Lipinski definition) is 3. The molecule has 1 aliphatic heterocycles. The van der Waals surface area contributed by atoms with Gasteiger partial charge in [-0.3, -0.25) is 9.59 Å². The van der Waals surface area contributed by atoms with E-state index in [0.29, 0.717) is 11.6 Å². The summed E-state index contributed by atoms with van der Waals surface area (Å²) in [6.45, 7) is 2.00. The van der Waals surface area contributed by atoms with Crippen LogP contribution in [0.4, 0.5) is 11.4 Å². The molecule has 140 valence electrons. The van der Waals surface area contributed by atoms with Crippen LogP contribution in [0.3, 0.4) is 0 Å². The summed E-state index contributed by atoms with van der Waals surface area (Å²) in [5.74, 6) is 0.215. The minimum absolute atomic E-state index is 0.00922. The van der Waals surface area contributed by atoms with Crippen LogP contribution in [0.2, 0.25) is 0 Å².